The Morgan fingerprint density at radius 3 is 2.65 bits per heavy atom. The van der Waals surface area contributed by atoms with Crippen molar-refractivity contribution in [1.82, 2.24) is 14.5 Å². The zero-order chi connectivity index (χ0) is 14.9. The van der Waals surface area contributed by atoms with Gasteiger partial charge in [0, 0.05) is 30.3 Å². The van der Waals surface area contributed by atoms with Crippen LogP contribution in [-0.4, -0.2) is 31.9 Å². The summed E-state index contributed by atoms with van der Waals surface area (Å²) in [4.78, 5) is 30.9. The number of fused-ring (bicyclic) bond motifs is 1. The third-order valence-corrected chi connectivity index (χ3v) is 2.89. The monoisotopic (exact) mass is 275 g/mol. The summed E-state index contributed by atoms with van der Waals surface area (Å²) in [5.41, 5.74) is 0.543. The van der Waals surface area contributed by atoms with Crippen LogP contribution in [0.25, 0.3) is 11.0 Å². The van der Waals surface area contributed by atoms with Crippen molar-refractivity contribution in [1.29, 1.82) is 0 Å². The van der Waals surface area contributed by atoms with Crippen LogP contribution in [0.2, 0.25) is 0 Å². The van der Waals surface area contributed by atoms with Crippen LogP contribution in [0.3, 0.4) is 0 Å². The number of Topliss-reactive ketones (excluding diaryl/α,β-unsaturated/α-hetero) is 1. The van der Waals surface area contributed by atoms with Crippen molar-refractivity contribution >= 4 is 22.8 Å². The highest BCUT2D eigenvalue weighted by molar-refractivity contribution is 6.05. The summed E-state index contributed by atoms with van der Waals surface area (Å²) < 4.78 is 7.09. The van der Waals surface area contributed by atoms with Gasteiger partial charge in [-0.25, -0.2) is 9.97 Å². The van der Waals surface area contributed by atoms with Gasteiger partial charge in [0.1, 0.15) is 17.6 Å². The highest BCUT2D eigenvalue weighted by atomic mass is 16.6. The predicted molar refractivity (Wildman–Crippen MR) is 73.4 cm³/mol. The van der Waals surface area contributed by atoms with E-state index in [0.29, 0.717) is 23.1 Å². The molecule has 0 aliphatic heterocycles. The molecule has 0 aliphatic rings. The number of ketones is 1. The van der Waals surface area contributed by atoms with E-state index in [1.807, 2.05) is 18.4 Å². The highest BCUT2D eigenvalue weighted by Crippen LogP contribution is 2.22. The van der Waals surface area contributed by atoms with E-state index in [4.69, 9.17) is 4.74 Å². The third kappa shape index (κ3) is 2.84. The maximum Gasteiger partial charge on any atom is 0.303 e. The third-order valence-electron chi connectivity index (χ3n) is 2.89. The zero-order valence-electron chi connectivity index (χ0n) is 12.0. The molecule has 0 N–H and O–H groups in total. The van der Waals surface area contributed by atoms with Crippen molar-refractivity contribution in [2.75, 3.05) is 0 Å². The molecule has 2 aromatic heterocycles. The number of hydrogen-bond acceptors (Lipinski definition) is 5. The normalized spacial score (nSPS) is 11.6. The molecule has 106 valence electrons. The van der Waals surface area contributed by atoms with Gasteiger partial charge in [-0.2, -0.15) is 0 Å². The van der Waals surface area contributed by atoms with Crippen molar-refractivity contribution in [3.05, 3.63) is 24.3 Å². The molecular formula is C14H17N3O3. The van der Waals surface area contributed by atoms with Crippen LogP contribution in [0.1, 0.15) is 38.1 Å². The van der Waals surface area contributed by atoms with Crippen LogP contribution >= 0.6 is 0 Å². The Morgan fingerprint density at radius 1 is 1.35 bits per heavy atom. The van der Waals surface area contributed by atoms with Crippen molar-refractivity contribution in [3.8, 4) is 0 Å². The Hall–Kier alpha value is -2.24. The molecule has 0 aromatic carbocycles. The molecule has 6 heteroatoms. The lowest BCUT2D eigenvalue weighted by Gasteiger charge is -2.25. The Balaban J connectivity index is 2.45. The maximum atomic E-state index is 11.7. The molecule has 0 fully saturated rings. The number of nitrogens with zero attached hydrogens (tertiary/aromatic N) is 3. The molecule has 0 saturated heterocycles. The molecule has 2 heterocycles. The van der Waals surface area contributed by atoms with E-state index in [0.717, 1.165) is 0 Å². The fourth-order valence-electron chi connectivity index (χ4n) is 2.26. The molecule has 0 aliphatic carbocycles. The number of aromatic nitrogens is 3. The highest BCUT2D eigenvalue weighted by Gasteiger charge is 2.24. The van der Waals surface area contributed by atoms with E-state index in [1.54, 1.807) is 12.4 Å². The van der Waals surface area contributed by atoms with E-state index < -0.39 is 5.60 Å². The quantitative estimate of drug-likeness (QED) is 0.630. The Morgan fingerprint density at radius 2 is 2.05 bits per heavy atom. The Bertz CT molecular complexity index is 673. The lowest BCUT2D eigenvalue weighted by Crippen LogP contribution is -2.32. The molecule has 0 unspecified atom stereocenters. The number of carbonyl (C=O) groups excluding carboxylic acids is 2. The first kappa shape index (κ1) is 14.2. The van der Waals surface area contributed by atoms with Gasteiger partial charge < -0.3 is 9.30 Å². The fraction of sp³-hybridized carbons (Fsp3) is 0.429. The van der Waals surface area contributed by atoms with Crippen molar-refractivity contribution < 1.29 is 14.3 Å². The number of hydrogen-bond donors (Lipinski definition) is 0. The van der Waals surface area contributed by atoms with Crippen molar-refractivity contribution in [3.63, 3.8) is 0 Å². The molecule has 2 rings (SSSR count). The molecule has 0 saturated carbocycles. The topological polar surface area (TPSA) is 74.1 Å². The summed E-state index contributed by atoms with van der Waals surface area (Å²) in [6.45, 7) is 6.92. The Kier molecular flexibility index (Phi) is 3.57. The summed E-state index contributed by atoms with van der Waals surface area (Å²) in [6.07, 6.45) is 4.78. The predicted octanol–water partition coefficient (Wildman–Crippen LogP) is 1.98. The van der Waals surface area contributed by atoms with Gasteiger partial charge in [0.15, 0.2) is 5.78 Å². The second-order valence-electron chi connectivity index (χ2n) is 5.34. The first-order valence-electron chi connectivity index (χ1n) is 6.29. The first-order valence-corrected chi connectivity index (χ1v) is 6.29. The maximum absolute atomic E-state index is 11.7. The van der Waals surface area contributed by atoms with Crippen LogP contribution < -0.4 is 0 Å². The molecule has 0 atom stereocenters. The summed E-state index contributed by atoms with van der Waals surface area (Å²) in [7, 11) is 0. The number of carbonyl (C=O) groups is 2. The number of rotatable bonds is 4. The van der Waals surface area contributed by atoms with Gasteiger partial charge >= 0.3 is 5.97 Å². The van der Waals surface area contributed by atoms with Gasteiger partial charge in [-0.3, -0.25) is 9.59 Å². The van der Waals surface area contributed by atoms with E-state index in [9.17, 15) is 9.59 Å². The van der Waals surface area contributed by atoms with Crippen LogP contribution in [0.5, 0.6) is 0 Å². The number of ether oxygens (including phenoxy) is 1. The van der Waals surface area contributed by atoms with Crippen molar-refractivity contribution in [2.45, 2.75) is 39.8 Å². The molecule has 0 bridgehead atoms. The van der Waals surface area contributed by atoms with Gasteiger partial charge in [-0.05, 0) is 20.8 Å². The van der Waals surface area contributed by atoms with Gasteiger partial charge in [0.05, 0.1) is 6.54 Å². The minimum absolute atomic E-state index is 0.0474. The summed E-state index contributed by atoms with van der Waals surface area (Å²) in [6, 6.07) is 0. The summed E-state index contributed by atoms with van der Waals surface area (Å²) in [5.74, 6) is -0.387. The molecule has 0 spiro atoms. The summed E-state index contributed by atoms with van der Waals surface area (Å²) >= 11 is 0. The average molecular weight is 275 g/mol. The standard InChI is InChI=1S/C14H17N3O3/c1-9(18)12-6-17(7-14(3,4)20-10(2)19)13-11(12)5-15-8-16-13/h5-6,8H,7H2,1-4H3. The molecule has 0 radical (unpaired) electrons. The molecule has 6 nitrogen and oxygen atoms in total. The zero-order valence-corrected chi connectivity index (χ0v) is 12.0. The average Bonchev–Trinajstić information content (AvgIpc) is 2.66. The van der Waals surface area contributed by atoms with Gasteiger partial charge in [-0.15, -0.1) is 0 Å². The van der Waals surface area contributed by atoms with E-state index >= 15 is 0 Å². The smallest absolute Gasteiger partial charge is 0.303 e. The largest absolute Gasteiger partial charge is 0.458 e. The molecule has 0 amide bonds. The van der Waals surface area contributed by atoms with E-state index in [-0.39, 0.29) is 11.8 Å². The molecule has 20 heavy (non-hydrogen) atoms. The minimum Gasteiger partial charge on any atom is -0.458 e. The van der Waals surface area contributed by atoms with Crippen LogP contribution in [0.15, 0.2) is 18.7 Å². The van der Waals surface area contributed by atoms with Crippen LogP contribution in [0, 0.1) is 0 Å². The van der Waals surface area contributed by atoms with Crippen LogP contribution in [-0.2, 0) is 16.1 Å². The minimum atomic E-state index is -0.684. The van der Waals surface area contributed by atoms with Gasteiger partial charge in [-0.1, -0.05) is 0 Å². The van der Waals surface area contributed by atoms with Gasteiger partial charge in [0.2, 0.25) is 0 Å². The molecular weight excluding hydrogens is 258 g/mol. The molecule has 2 aromatic rings. The first-order chi connectivity index (χ1) is 9.30. The lowest BCUT2D eigenvalue weighted by atomic mass is 10.1. The SMILES string of the molecule is CC(=O)OC(C)(C)Cn1cc(C(C)=O)c2cncnc21. The lowest BCUT2D eigenvalue weighted by molar-refractivity contribution is -0.154. The summed E-state index contributed by atoms with van der Waals surface area (Å²) in [5, 5.41) is 0.707. The van der Waals surface area contributed by atoms with E-state index in [1.165, 1.54) is 20.2 Å². The fourth-order valence-corrected chi connectivity index (χ4v) is 2.26. The van der Waals surface area contributed by atoms with Crippen LogP contribution in [0.4, 0.5) is 0 Å². The Labute approximate surface area is 116 Å². The second kappa shape index (κ2) is 5.03. The van der Waals surface area contributed by atoms with E-state index in [2.05, 4.69) is 9.97 Å². The second-order valence-corrected chi connectivity index (χ2v) is 5.34. The number of esters is 1. The van der Waals surface area contributed by atoms with Crippen molar-refractivity contribution in [2.24, 2.45) is 0 Å². The van der Waals surface area contributed by atoms with Gasteiger partial charge in [0.25, 0.3) is 0 Å².